The van der Waals surface area contributed by atoms with Crippen LogP contribution in [0.3, 0.4) is 0 Å². The number of hydrogen-bond donors (Lipinski definition) is 2. The van der Waals surface area contributed by atoms with E-state index in [-0.39, 0.29) is 6.61 Å². The average molecular weight is 229 g/mol. The molecular formula is C8H15N5OS. The highest BCUT2D eigenvalue weighted by Crippen LogP contribution is 2.03. The second-order valence-corrected chi connectivity index (χ2v) is 4.06. The number of nitrogens with zero attached hydrogens (tertiary/aromatic N) is 4. The van der Waals surface area contributed by atoms with Gasteiger partial charge in [0.05, 0.1) is 0 Å². The first-order valence-corrected chi connectivity index (χ1v) is 5.34. The van der Waals surface area contributed by atoms with Crippen LogP contribution in [0.2, 0.25) is 0 Å². The van der Waals surface area contributed by atoms with Crippen LogP contribution in [0.25, 0.3) is 0 Å². The fourth-order valence-corrected chi connectivity index (χ4v) is 1.98. The number of aliphatic hydroxyl groups is 1. The molecule has 1 saturated heterocycles. The Kier molecular flexibility index (Phi) is 3.03. The summed E-state index contributed by atoms with van der Waals surface area (Å²) in [6.45, 7) is 3.70. The molecule has 1 aromatic heterocycles. The third kappa shape index (κ3) is 2.04. The van der Waals surface area contributed by atoms with Crippen molar-refractivity contribution in [2.75, 3.05) is 38.2 Å². The predicted octanol–water partition coefficient (Wildman–Crippen LogP) is -0.684. The Hall–Kier alpha value is -0.920. The molecular weight excluding hydrogens is 214 g/mol. The first-order valence-electron chi connectivity index (χ1n) is 4.93. The molecule has 0 amide bonds. The van der Waals surface area contributed by atoms with Crippen molar-refractivity contribution in [3.8, 4) is 0 Å². The Morgan fingerprint density at radius 1 is 1.40 bits per heavy atom. The van der Waals surface area contributed by atoms with Crippen molar-refractivity contribution >= 4 is 12.2 Å². The van der Waals surface area contributed by atoms with Crippen molar-refractivity contribution in [2.24, 2.45) is 0 Å². The monoisotopic (exact) mass is 229 g/mol. The zero-order valence-electron chi connectivity index (χ0n) is 8.68. The Bertz CT molecular complexity index is 379. The maximum atomic E-state index is 9.13. The lowest BCUT2D eigenvalue weighted by atomic mass is 10.4. The second kappa shape index (κ2) is 4.30. The summed E-state index contributed by atoms with van der Waals surface area (Å²) >= 11 is 5.13. The standard InChI is InChI=1S/C8H15N5OS/c1-11-2-4-12(5-3-11)13-7(6-14)9-10-8(13)15/h14H,2-6H2,1H3,(H,10,15). The number of hydrogen-bond acceptors (Lipinski definition) is 5. The number of nitrogens with one attached hydrogen (secondary N) is 1. The van der Waals surface area contributed by atoms with Crippen LogP contribution in [0, 0.1) is 4.77 Å². The summed E-state index contributed by atoms with van der Waals surface area (Å²) in [4.78, 5) is 2.26. The van der Waals surface area contributed by atoms with Gasteiger partial charge < -0.3 is 15.0 Å². The number of rotatable bonds is 2. The van der Waals surface area contributed by atoms with Crippen LogP contribution in [-0.2, 0) is 6.61 Å². The fourth-order valence-electron chi connectivity index (χ4n) is 1.71. The third-order valence-corrected chi connectivity index (χ3v) is 2.89. The minimum Gasteiger partial charge on any atom is -0.388 e. The van der Waals surface area contributed by atoms with Crippen LogP contribution >= 0.6 is 12.2 Å². The maximum Gasteiger partial charge on any atom is 0.214 e. The zero-order chi connectivity index (χ0) is 10.8. The molecule has 0 aromatic carbocycles. The van der Waals surface area contributed by atoms with Crippen LogP contribution in [0.15, 0.2) is 0 Å². The largest absolute Gasteiger partial charge is 0.388 e. The van der Waals surface area contributed by atoms with Crippen LogP contribution in [0.5, 0.6) is 0 Å². The summed E-state index contributed by atoms with van der Waals surface area (Å²) in [6.07, 6.45) is 0. The lowest BCUT2D eigenvalue weighted by Crippen LogP contribution is -2.50. The number of aromatic amines is 1. The van der Waals surface area contributed by atoms with E-state index in [0.717, 1.165) is 26.2 Å². The molecule has 2 rings (SSSR count). The molecule has 0 spiro atoms. The van der Waals surface area contributed by atoms with E-state index < -0.39 is 0 Å². The molecule has 0 bridgehead atoms. The van der Waals surface area contributed by atoms with Gasteiger partial charge in [0.1, 0.15) is 6.61 Å². The van der Waals surface area contributed by atoms with Gasteiger partial charge in [0.15, 0.2) is 5.82 Å². The molecule has 2 heterocycles. The van der Waals surface area contributed by atoms with E-state index in [0.29, 0.717) is 10.6 Å². The normalized spacial score (nSPS) is 18.4. The van der Waals surface area contributed by atoms with Gasteiger partial charge in [-0.15, -0.1) is 0 Å². The second-order valence-electron chi connectivity index (χ2n) is 3.67. The smallest absolute Gasteiger partial charge is 0.214 e. The summed E-state index contributed by atoms with van der Waals surface area (Å²) in [5.74, 6) is 0.574. The van der Waals surface area contributed by atoms with Crippen LogP contribution in [0.1, 0.15) is 5.82 Å². The summed E-state index contributed by atoms with van der Waals surface area (Å²) in [5, 5.41) is 17.9. The molecule has 0 unspecified atom stereocenters. The number of aromatic nitrogens is 3. The minimum atomic E-state index is -0.0977. The first-order chi connectivity index (χ1) is 7.22. The average Bonchev–Trinajstić information content (AvgIpc) is 2.61. The molecule has 6 nitrogen and oxygen atoms in total. The van der Waals surface area contributed by atoms with Crippen LogP contribution in [-0.4, -0.2) is 58.1 Å². The predicted molar refractivity (Wildman–Crippen MR) is 58.8 cm³/mol. The highest BCUT2D eigenvalue weighted by Gasteiger charge is 2.17. The Morgan fingerprint density at radius 3 is 2.67 bits per heavy atom. The zero-order valence-corrected chi connectivity index (χ0v) is 9.50. The van der Waals surface area contributed by atoms with Gasteiger partial charge in [-0.2, -0.15) is 5.10 Å². The van der Waals surface area contributed by atoms with E-state index in [1.165, 1.54) is 0 Å². The van der Waals surface area contributed by atoms with E-state index in [2.05, 4.69) is 27.2 Å². The number of piperazine rings is 1. The molecule has 1 aliphatic rings. The van der Waals surface area contributed by atoms with Gasteiger partial charge in [-0.05, 0) is 19.3 Å². The molecule has 1 fully saturated rings. The van der Waals surface area contributed by atoms with Gasteiger partial charge >= 0.3 is 0 Å². The molecule has 1 aliphatic heterocycles. The number of aliphatic hydroxyl groups excluding tert-OH is 1. The van der Waals surface area contributed by atoms with Gasteiger partial charge in [0.2, 0.25) is 4.77 Å². The third-order valence-electron chi connectivity index (χ3n) is 2.62. The molecule has 7 heteroatoms. The minimum absolute atomic E-state index is 0.0977. The Morgan fingerprint density at radius 2 is 2.07 bits per heavy atom. The molecule has 0 radical (unpaired) electrons. The summed E-state index contributed by atoms with van der Waals surface area (Å²) < 4.78 is 2.34. The SMILES string of the molecule is CN1CCN(n2c(CO)n[nH]c2=S)CC1. The molecule has 0 aliphatic carbocycles. The highest BCUT2D eigenvalue weighted by atomic mass is 32.1. The topological polar surface area (TPSA) is 60.3 Å². The van der Waals surface area contributed by atoms with Gasteiger partial charge in [-0.3, -0.25) is 5.10 Å². The van der Waals surface area contributed by atoms with Crippen molar-refractivity contribution in [1.29, 1.82) is 0 Å². The molecule has 84 valence electrons. The summed E-state index contributed by atoms with van der Waals surface area (Å²) in [7, 11) is 2.10. The Balaban J connectivity index is 2.21. The lowest BCUT2D eigenvalue weighted by Gasteiger charge is -2.34. The summed E-state index contributed by atoms with van der Waals surface area (Å²) in [5.41, 5.74) is 0. The quantitative estimate of drug-likeness (QED) is 0.658. The van der Waals surface area contributed by atoms with Crippen LogP contribution < -0.4 is 5.01 Å². The van der Waals surface area contributed by atoms with Gasteiger partial charge in [-0.25, -0.2) is 4.68 Å². The van der Waals surface area contributed by atoms with E-state index in [1.54, 1.807) is 4.68 Å². The fraction of sp³-hybridized carbons (Fsp3) is 0.750. The van der Waals surface area contributed by atoms with Crippen molar-refractivity contribution < 1.29 is 5.11 Å². The molecule has 0 saturated carbocycles. The van der Waals surface area contributed by atoms with Crippen molar-refractivity contribution in [3.05, 3.63) is 10.6 Å². The summed E-state index contributed by atoms with van der Waals surface area (Å²) in [6, 6.07) is 0. The van der Waals surface area contributed by atoms with Crippen molar-refractivity contribution in [2.45, 2.75) is 6.61 Å². The number of H-pyrrole nitrogens is 1. The van der Waals surface area contributed by atoms with E-state index >= 15 is 0 Å². The highest BCUT2D eigenvalue weighted by molar-refractivity contribution is 7.71. The van der Waals surface area contributed by atoms with Gasteiger partial charge in [0.25, 0.3) is 0 Å². The Labute approximate surface area is 93.1 Å². The van der Waals surface area contributed by atoms with Crippen LogP contribution in [0.4, 0.5) is 0 Å². The van der Waals surface area contributed by atoms with E-state index in [9.17, 15) is 0 Å². The first kappa shape index (κ1) is 10.6. The number of likely N-dealkylation sites (N-methyl/N-ethyl adjacent to an activating group) is 1. The maximum absolute atomic E-state index is 9.13. The van der Waals surface area contributed by atoms with E-state index in [4.69, 9.17) is 17.3 Å². The molecule has 1 aromatic rings. The van der Waals surface area contributed by atoms with Gasteiger partial charge in [-0.1, -0.05) is 0 Å². The van der Waals surface area contributed by atoms with E-state index in [1.807, 2.05) is 0 Å². The lowest BCUT2D eigenvalue weighted by molar-refractivity contribution is 0.250. The molecule has 0 atom stereocenters. The van der Waals surface area contributed by atoms with Gasteiger partial charge in [0, 0.05) is 26.2 Å². The molecule has 15 heavy (non-hydrogen) atoms. The van der Waals surface area contributed by atoms with Crippen molar-refractivity contribution in [1.82, 2.24) is 19.8 Å². The van der Waals surface area contributed by atoms with Crippen molar-refractivity contribution in [3.63, 3.8) is 0 Å². The molecule has 2 N–H and O–H groups in total.